The van der Waals surface area contributed by atoms with Crippen LogP contribution in [0.4, 0.5) is 0 Å². The molecule has 0 aliphatic heterocycles. The van der Waals surface area contributed by atoms with Crippen molar-refractivity contribution >= 4 is 11.6 Å². The summed E-state index contributed by atoms with van der Waals surface area (Å²) in [6.45, 7) is 3.07. The number of rotatable bonds is 7. The summed E-state index contributed by atoms with van der Waals surface area (Å²) in [5.41, 5.74) is 8.13. The lowest BCUT2D eigenvalue weighted by atomic mass is 9.91. The first-order valence-electron chi connectivity index (χ1n) is 7.44. The minimum Gasteiger partial charge on any atom is -0.493 e. The fraction of sp³-hybridized carbons (Fsp3) is 0.333. The average Bonchev–Trinajstić information content (AvgIpc) is 2.54. The largest absolute Gasteiger partial charge is 0.493 e. The Morgan fingerprint density at radius 3 is 2.55 bits per heavy atom. The number of hydrogen-bond donors (Lipinski definition) is 1. The van der Waals surface area contributed by atoms with Gasteiger partial charge in [-0.25, -0.2) is 0 Å². The van der Waals surface area contributed by atoms with Gasteiger partial charge in [0.1, 0.15) is 0 Å². The summed E-state index contributed by atoms with van der Waals surface area (Å²) in [6, 6.07) is 13.8. The normalized spacial score (nSPS) is 12.0. The van der Waals surface area contributed by atoms with Crippen molar-refractivity contribution in [3.63, 3.8) is 0 Å². The molecule has 0 saturated carbocycles. The fourth-order valence-electron chi connectivity index (χ4n) is 2.58. The zero-order valence-electron chi connectivity index (χ0n) is 13.0. The second kappa shape index (κ2) is 8.06. The van der Waals surface area contributed by atoms with Gasteiger partial charge in [0.05, 0.1) is 13.7 Å². The highest BCUT2D eigenvalue weighted by molar-refractivity contribution is 6.31. The van der Waals surface area contributed by atoms with Crippen LogP contribution in [0.25, 0.3) is 0 Å². The number of ether oxygens (including phenoxy) is 2. The van der Waals surface area contributed by atoms with E-state index in [1.165, 1.54) is 0 Å². The van der Waals surface area contributed by atoms with Crippen molar-refractivity contribution in [2.24, 2.45) is 5.73 Å². The summed E-state index contributed by atoms with van der Waals surface area (Å²) in [4.78, 5) is 0. The van der Waals surface area contributed by atoms with Crippen LogP contribution in [0.3, 0.4) is 0 Å². The minimum atomic E-state index is 0.139. The summed E-state index contributed by atoms with van der Waals surface area (Å²) in [6.07, 6.45) is 0.757. The maximum Gasteiger partial charge on any atom is 0.164 e. The monoisotopic (exact) mass is 319 g/mol. The van der Waals surface area contributed by atoms with E-state index in [1.54, 1.807) is 7.11 Å². The van der Waals surface area contributed by atoms with E-state index in [0.717, 1.165) is 34.1 Å². The molecule has 1 atom stereocenters. The van der Waals surface area contributed by atoms with Gasteiger partial charge in [0.2, 0.25) is 0 Å². The summed E-state index contributed by atoms with van der Waals surface area (Å²) >= 11 is 6.31. The van der Waals surface area contributed by atoms with Gasteiger partial charge in [-0.3, -0.25) is 0 Å². The van der Waals surface area contributed by atoms with Gasteiger partial charge in [-0.05, 0) is 43.1 Å². The van der Waals surface area contributed by atoms with Crippen LogP contribution in [0.1, 0.15) is 24.0 Å². The molecule has 4 heteroatoms. The zero-order valence-corrected chi connectivity index (χ0v) is 13.8. The first-order chi connectivity index (χ1) is 10.7. The third-order valence-corrected chi connectivity index (χ3v) is 4.01. The highest BCUT2D eigenvalue weighted by Crippen LogP contribution is 2.35. The van der Waals surface area contributed by atoms with Gasteiger partial charge in [-0.2, -0.15) is 0 Å². The predicted molar refractivity (Wildman–Crippen MR) is 91.1 cm³/mol. The molecule has 0 saturated heterocycles. The van der Waals surface area contributed by atoms with Crippen LogP contribution in [0.2, 0.25) is 5.02 Å². The van der Waals surface area contributed by atoms with Gasteiger partial charge < -0.3 is 15.2 Å². The van der Waals surface area contributed by atoms with Crippen molar-refractivity contribution in [3.8, 4) is 11.5 Å². The molecule has 22 heavy (non-hydrogen) atoms. The molecule has 0 fully saturated rings. The van der Waals surface area contributed by atoms with E-state index in [1.807, 2.05) is 49.4 Å². The highest BCUT2D eigenvalue weighted by Gasteiger charge is 2.18. The standard InChI is InChI=1S/C18H22ClNO2/c1-3-22-18-13(7-6-10-17(18)21-2)11-14(12-20)15-8-4-5-9-16(15)19/h4-10,14H,3,11-12,20H2,1-2H3. The van der Waals surface area contributed by atoms with Crippen LogP contribution in [-0.4, -0.2) is 20.3 Å². The quantitative estimate of drug-likeness (QED) is 0.838. The molecule has 3 nitrogen and oxygen atoms in total. The van der Waals surface area contributed by atoms with Gasteiger partial charge in [-0.1, -0.05) is 41.9 Å². The Morgan fingerprint density at radius 2 is 1.91 bits per heavy atom. The van der Waals surface area contributed by atoms with E-state index in [2.05, 4.69) is 0 Å². The summed E-state index contributed by atoms with van der Waals surface area (Å²) in [7, 11) is 1.65. The molecular formula is C18H22ClNO2. The van der Waals surface area contributed by atoms with Crippen LogP contribution >= 0.6 is 11.6 Å². The third-order valence-electron chi connectivity index (χ3n) is 3.66. The smallest absolute Gasteiger partial charge is 0.164 e. The van der Waals surface area contributed by atoms with Crippen LogP contribution in [0.15, 0.2) is 42.5 Å². The molecule has 1 unspecified atom stereocenters. The molecule has 0 bridgehead atoms. The molecule has 2 N–H and O–H groups in total. The highest BCUT2D eigenvalue weighted by atomic mass is 35.5. The van der Waals surface area contributed by atoms with Crippen molar-refractivity contribution in [2.45, 2.75) is 19.3 Å². The van der Waals surface area contributed by atoms with Gasteiger partial charge >= 0.3 is 0 Å². The van der Waals surface area contributed by atoms with Gasteiger partial charge in [0.15, 0.2) is 11.5 Å². The first-order valence-corrected chi connectivity index (χ1v) is 7.82. The average molecular weight is 320 g/mol. The lowest BCUT2D eigenvalue weighted by molar-refractivity contribution is 0.307. The Balaban J connectivity index is 2.34. The minimum absolute atomic E-state index is 0.139. The Hall–Kier alpha value is -1.71. The molecule has 0 heterocycles. The first kappa shape index (κ1) is 16.7. The summed E-state index contributed by atoms with van der Waals surface area (Å²) < 4.78 is 11.2. The van der Waals surface area contributed by atoms with Gasteiger partial charge in [-0.15, -0.1) is 0 Å². The van der Waals surface area contributed by atoms with E-state index in [9.17, 15) is 0 Å². The predicted octanol–water partition coefficient (Wildman–Crippen LogP) is 4.03. The summed E-state index contributed by atoms with van der Waals surface area (Å²) in [5.74, 6) is 1.67. The lowest BCUT2D eigenvalue weighted by Crippen LogP contribution is -2.16. The molecular weight excluding hydrogens is 298 g/mol. The number of benzene rings is 2. The maximum atomic E-state index is 6.31. The van der Waals surface area contributed by atoms with Gasteiger partial charge in [0.25, 0.3) is 0 Å². The molecule has 0 amide bonds. The number of nitrogens with two attached hydrogens (primary N) is 1. The van der Waals surface area contributed by atoms with Crippen LogP contribution < -0.4 is 15.2 Å². The van der Waals surface area contributed by atoms with Crippen molar-refractivity contribution in [2.75, 3.05) is 20.3 Å². The number of halogens is 1. The van der Waals surface area contributed by atoms with Crippen molar-refractivity contribution < 1.29 is 9.47 Å². The Kier molecular flexibility index (Phi) is 6.10. The van der Waals surface area contributed by atoms with E-state index >= 15 is 0 Å². The fourth-order valence-corrected chi connectivity index (χ4v) is 2.87. The van der Waals surface area contributed by atoms with Gasteiger partial charge in [0, 0.05) is 10.9 Å². The Bertz CT molecular complexity index is 616. The van der Waals surface area contributed by atoms with E-state index in [0.29, 0.717) is 13.2 Å². The Morgan fingerprint density at radius 1 is 1.14 bits per heavy atom. The maximum absolute atomic E-state index is 6.31. The Labute approximate surface area is 137 Å². The number of hydrogen-bond acceptors (Lipinski definition) is 3. The van der Waals surface area contributed by atoms with Crippen LogP contribution in [0, 0.1) is 0 Å². The molecule has 0 aromatic heterocycles. The second-order valence-electron chi connectivity index (χ2n) is 5.04. The van der Waals surface area contributed by atoms with Crippen molar-refractivity contribution in [1.29, 1.82) is 0 Å². The van der Waals surface area contributed by atoms with Crippen LogP contribution in [0.5, 0.6) is 11.5 Å². The second-order valence-corrected chi connectivity index (χ2v) is 5.45. The van der Waals surface area contributed by atoms with E-state index in [4.69, 9.17) is 26.8 Å². The molecule has 2 aromatic rings. The van der Waals surface area contributed by atoms with E-state index in [-0.39, 0.29) is 5.92 Å². The molecule has 2 aromatic carbocycles. The number of para-hydroxylation sites is 1. The molecule has 2 rings (SSSR count). The third kappa shape index (κ3) is 3.73. The molecule has 118 valence electrons. The zero-order chi connectivity index (χ0) is 15.9. The summed E-state index contributed by atoms with van der Waals surface area (Å²) in [5, 5.41) is 0.749. The van der Waals surface area contributed by atoms with Crippen molar-refractivity contribution in [3.05, 3.63) is 58.6 Å². The SMILES string of the molecule is CCOc1c(CC(CN)c2ccccc2Cl)cccc1OC. The molecule has 0 aliphatic rings. The molecule has 0 radical (unpaired) electrons. The molecule has 0 aliphatic carbocycles. The van der Waals surface area contributed by atoms with Crippen molar-refractivity contribution in [1.82, 2.24) is 0 Å². The molecule has 0 spiro atoms. The topological polar surface area (TPSA) is 44.5 Å². The van der Waals surface area contributed by atoms with E-state index < -0.39 is 0 Å². The number of methoxy groups -OCH3 is 1. The lowest BCUT2D eigenvalue weighted by Gasteiger charge is -2.20. The van der Waals surface area contributed by atoms with Crippen LogP contribution in [-0.2, 0) is 6.42 Å².